The highest BCUT2D eigenvalue weighted by Crippen LogP contribution is 2.34. The van der Waals surface area contributed by atoms with E-state index in [1.807, 2.05) is 0 Å². The average Bonchev–Trinajstić information content (AvgIpc) is 2.76. The molecule has 1 saturated heterocycles. The van der Waals surface area contributed by atoms with Crippen molar-refractivity contribution >= 4 is 11.0 Å². The van der Waals surface area contributed by atoms with Crippen molar-refractivity contribution in [3.63, 3.8) is 0 Å². The first-order valence-corrected chi connectivity index (χ1v) is 5.97. The molecule has 0 atom stereocenters. The maximum Gasteiger partial charge on any atom is 0.161 e. The van der Waals surface area contributed by atoms with Crippen LogP contribution in [0.2, 0.25) is 0 Å². The van der Waals surface area contributed by atoms with Crippen LogP contribution in [0.4, 0.5) is 0 Å². The van der Waals surface area contributed by atoms with Crippen LogP contribution in [-0.2, 0) is 11.3 Å². The number of hydrogen-bond acceptors (Lipinski definition) is 5. The van der Waals surface area contributed by atoms with Gasteiger partial charge in [0.15, 0.2) is 5.75 Å². The number of morpholine rings is 1. The van der Waals surface area contributed by atoms with Gasteiger partial charge in [-0.25, -0.2) is 0 Å². The van der Waals surface area contributed by atoms with E-state index in [-0.39, 0.29) is 11.5 Å². The van der Waals surface area contributed by atoms with Crippen LogP contribution in [0.25, 0.3) is 11.0 Å². The Hall–Kier alpha value is -1.72. The number of ether oxygens (including phenoxy) is 1. The number of phenols is 1. The molecule has 18 heavy (non-hydrogen) atoms. The number of hydrogen-bond donors (Lipinski definition) is 2. The van der Waals surface area contributed by atoms with Crippen LogP contribution in [0.15, 0.2) is 22.8 Å². The summed E-state index contributed by atoms with van der Waals surface area (Å²) >= 11 is 0. The molecule has 5 heteroatoms. The summed E-state index contributed by atoms with van der Waals surface area (Å²) in [4.78, 5) is 2.19. The van der Waals surface area contributed by atoms with Crippen LogP contribution in [-0.4, -0.2) is 41.4 Å². The van der Waals surface area contributed by atoms with Crippen LogP contribution >= 0.6 is 0 Å². The Kier molecular flexibility index (Phi) is 2.85. The van der Waals surface area contributed by atoms with Crippen molar-refractivity contribution in [1.82, 2.24) is 4.90 Å². The lowest BCUT2D eigenvalue weighted by Gasteiger charge is -2.26. The normalized spacial score (nSPS) is 17.3. The van der Waals surface area contributed by atoms with E-state index in [9.17, 15) is 10.2 Å². The van der Waals surface area contributed by atoms with E-state index in [1.165, 1.54) is 6.26 Å². The molecule has 0 unspecified atom stereocenters. The molecule has 1 aromatic heterocycles. The monoisotopic (exact) mass is 249 g/mol. The highest BCUT2D eigenvalue weighted by molar-refractivity contribution is 5.87. The number of aromatic hydroxyl groups is 2. The van der Waals surface area contributed by atoms with Gasteiger partial charge in [0.2, 0.25) is 0 Å². The maximum absolute atomic E-state index is 9.95. The molecule has 2 aromatic rings. The zero-order valence-electron chi connectivity index (χ0n) is 9.93. The molecular formula is C13H15NO4. The smallest absolute Gasteiger partial charge is 0.161 e. The van der Waals surface area contributed by atoms with Crippen LogP contribution in [0, 0.1) is 0 Å². The number of fused-ring (bicyclic) bond motifs is 1. The summed E-state index contributed by atoms with van der Waals surface area (Å²) in [7, 11) is 0. The molecule has 0 radical (unpaired) electrons. The lowest BCUT2D eigenvalue weighted by molar-refractivity contribution is 0.0339. The number of nitrogens with zero attached hydrogens (tertiary/aromatic N) is 1. The van der Waals surface area contributed by atoms with Crippen LogP contribution in [0.1, 0.15) is 5.56 Å². The van der Waals surface area contributed by atoms with Crippen molar-refractivity contribution in [3.05, 3.63) is 24.0 Å². The Morgan fingerprint density at radius 3 is 2.67 bits per heavy atom. The van der Waals surface area contributed by atoms with E-state index in [4.69, 9.17) is 9.15 Å². The van der Waals surface area contributed by atoms with Gasteiger partial charge in [0.1, 0.15) is 17.6 Å². The fourth-order valence-electron chi connectivity index (χ4n) is 2.27. The molecule has 1 aromatic carbocycles. The van der Waals surface area contributed by atoms with Gasteiger partial charge in [-0.2, -0.15) is 0 Å². The highest BCUT2D eigenvalue weighted by Gasteiger charge is 2.18. The lowest BCUT2D eigenvalue weighted by Crippen LogP contribution is -2.35. The van der Waals surface area contributed by atoms with Crippen molar-refractivity contribution < 1.29 is 19.4 Å². The Morgan fingerprint density at radius 2 is 1.89 bits per heavy atom. The second kappa shape index (κ2) is 4.51. The largest absolute Gasteiger partial charge is 0.507 e. The van der Waals surface area contributed by atoms with Gasteiger partial charge in [-0.05, 0) is 12.1 Å². The Labute approximate surface area is 104 Å². The molecule has 1 aliphatic heterocycles. The molecule has 3 rings (SSSR count). The standard InChI is InChI=1S/C13H15NO4/c15-11-2-1-9-12(16)8-18-13(9)10(11)7-14-3-5-17-6-4-14/h1-2,8,15-16H,3-7H2. The van der Waals surface area contributed by atoms with Gasteiger partial charge >= 0.3 is 0 Å². The number of benzene rings is 1. The second-order valence-electron chi connectivity index (χ2n) is 4.45. The zero-order valence-corrected chi connectivity index (χ0v) is 9.93. The molecule has 1 fully saturated rings. The number of phenolic OH excluding ortho intramolecular Hbond substituents is 1. The minimum Gasteiger partial charge on any atom is -0.507 e. The van der Waals surface area contributed by atoms with Crippen LogP contribution in [0.3, 0.4) is 0 Å². The summed E-state index contributed by atoms with van der Waals surface area (Å²) < 4.78 is 10.6. The quantitative estimate of drug-likeness (QED) is 0.847. The van der Waals surface area contributed by atoms with Gasteiger partial charge in [0.05, 0.1) is 24.2 Å². The number of rotatable bonds is 2. The minimum atomic E-state index is 0.105. The van der Waals surface area contributed by atoms with E-state index >= 15 is 0 Å². The molecule has 96 valence electrons. The minimum absolute atomic E-state index is 0.105. The van der Waals surface area contributed by atoms with E-state index in [1.54, 1.807) is 12.1 Å². The van der Waals surface area contributed by atoms with Crippen molar-refractivity contribution in [1.29, 1.82) is 0 Å². The third-order valence-electron chi connectivity index (χ3n) is 3.29. The third kappa shape index (κ3) is 1.91. The maximum atomic E-state index is 9.95. The molecule has 1 aliphatic rings. The molecule has 0 spiro atoms. The Bertz CT molecular complexity index is 557. The van der Waals surface area contributed by atoms with Gasteiger partial charge in [-0.15, -0.1) is 0 Å². The summed E-state index contributed by atoms with van der Waals surface area (Å²) in [6, 6.07) is 3.25. The molecule has 0 bridgehead atoms. The van der Waals surface area contributed by atoms with Gasteiger partial charge in [-0.3, -0.25) is 4.90 Å². The Balaban J connectivity index is 1.96. The van der Waals surface area contributed by atoms with Gasteiger partial charge in [0, 0.05) is 19.6 Å². The molecule has 5 nitrogen and oxygen atoms in total. The van der Waals surface area contributed by atoms with Crippen LogP contribution in [0.5, 0.6) is 11.5 Å². The first kappa shape index (κ1) is 11.4. The van der Waals surface area contributed by atoms with Crippen molar-refractivity contribution in [2.75, 3.05) is 26.3 Å². The van der Waals surface area contributed by atoms with E-state index in [0.717, 1.165) is 18.7 Å². The average molecular weight is 249 g/mol. The summed E-state index contributed by atoms with van der Waals surface area (Å²) in [6.45, 7) is 3.69. The molecule has 0 aliphatic carbocycles. The molecule has 0 amide bonds. The van der Waals surface area contributed by atoms with E-state index in [0.29, 0.717) is 30.7 Å². The first-order chi connectivity index (χ1) is 8.75. The Morgan fingerprint density at radius 1 is 1.11 bits per heavy atom. The van der Waals surface area contributed by atoms with Gasteiger partial charge in [-0.1, -0.05) is 0 Å². The summed E-state index contributed by atoms with van der Waals surface area (Å²) in [6.07, 6.45) is 1.30. The fraction of sp³-hybridized carbons (Fsp3) is 0.385. The van der Waals surface area contributed by atoms with E-state index < -0.39 is 0 Å². The zero-order chi connectivity index (χ0) is 12.5. The highest BCUT2D eigenvalue weighted by atomic mass is 16.5. The third-order valence-corrected chi connectivity index (χ3v) is 3.29. The summed E-state index contributed by atoms with van der Waals surface area (Å²) in [5.74, 6) is 0.302. The summed E-state index contributed by atoms with van der Waals surface area (Å²) in [5, 5.41) is 20.2. The molecule has 2 heterocycles. The van der Waals surface area contributed by atoms with Crippen molar-refractivity contribution in [3.8, 4) is 11.5 Å². The molecule has 0 saturated carbocycles. The SMILES string of the molecule is Oc1ccc2c(O)coc2c1CN1CCOCC1. The van der Waals surface area contributed by atoms with Crippen LogP contribution < -0.4 is 0 Å². The first-order valence-electron chi connectivity index (χ1n) is 5.97. The summed E-state index contributed by atoms with van der Waals surface area (Å²) in [5.41, 5.74) is 1.27. The predicted molar refractivity (Wildman–Crippen MR) is 65.6 cm³/mol. The topological polar surface area (TPSA) is 66.1 Å². The number of furan rings is 1. The fourth-order valence-corrected chi connectivity index (χ4v) is 2.27. The molecule has 2 N–H and O–H groups in total. The van der Waals surface area contributed by atoms with Crippen molar-refractivity contribution in [2.24, 2.45) is 0 Å². The van der Waals surface area contributed by atoms with E-state index in [2.05, 4.69) is 4.90 Å². The lowest BCUT2D eigenvalue weighted by atomic mass is 10.1. The molecular weight excluding hydrogens is 234 g/mol. The predicted octanol–water partition coefficient (Wildman–Crippen LogP) is 1.68. The van der Waals surface area contributed by atoms with Crippen molar-refractivity contribution in [2.45, 2.75) is 6.54 Å². The van der Waals surface area contributed by atoms with Gasteiger partial charge < -0.3 is 19.4 Å². The van der Waals surface area contributed by atoms with Gasteiger partial charge in [0.25, 0.3) is 0 Å². The second-order valence-corrected chi connectivity index (χ2v) is 4.45.